The lowest BCUT2D eigenvalue weighted by Crippen LogP contribution is -2.16. The average molecular weight is 378 g/mol. The standard InChI is InChI=1S/C15H16ClN7OS/c1-10(2)22-9-18-21-15(22)25-6-14(24)20-12-5-11(16)3-4-13(12)23-8-17-7-19-23/h3-5,7-10H,6H2,1-2H3,(H,20,24). The fraction of sp³-hybridized carbons (Fsp3) is 0.267. The van der Waals surface area contributed by atoms with Crippen molar-refractivity contribution in [1.82, 2.24) is 29.5 Å². The van der Waals surface area contributed by atoms with Gasteiger partial charge in [-0.25, -0.2) is 9.67 Å². The molecule has 2 heterocycles. The van der Waals surface area contributed by atoms with Crippen molar-refractivity contribution >= 4 is 35.0 Å². The van der Waals surface area contributed by atoms with Gasteiger partial charge in [-0.3, -0.25) is 4.79 Å². The van der Waals surface area contributed by atoms with E-state index >= 15 is 0 Å². The fourth-order valence-corrected chi connectivity index (χ4v) is 3.16. The van der Waals surface area contributed by atoms with Crippen LogP contribution in [0.5, 0.6) is 0 Å². The van der Waals surface area contributed by atoms with E-state index in [4.69, 9.17) is 11.6 Å². The number of aromatic nitrogens is 6. The van der Waals surface area contributed by atoms with Crippen LogP contribution in [0.25, 0.3) is 5.69 Å². The first-order valence-corrected chi connectivity index (χ1v) is 8.87. The minimum absolute atomic E-state index is 0.174. The molecule has 0 aliphatic rings. The lowest BCUT2D eigenvalue weighted by atomic mass is 10.2. The van der Waals surface area contributed by atoms with Crippen molar-refractivity contribution in [3.63, 3.8) is 0 Å². The smallest absolute Gasteiger partial charge is 0.234 e. The molecule has 25 heavy (non-hydrogen) atoms. The predicted molar refractivity (Wildman–Crippen MR) is 96.1 cm³/mol. The molecule has 0 spiro atoms. The first kappa shape index (κ1) is 17.4. The van der Waals surface area contributed by atoms with Crippen LogP contribution >= 0.6 is 23.4 Å². The highest BCUT2D eigenvalue weighted by molar-refractivity contribution is 7.99. The number of amides is 1. The molecule has 3 rings (SSSR count). The zero-order valence-corrected chi connectivity index (χ0v) is 15.2. The minimum atomic E-state index is -0.174. The summed E-state index contributed by atoms with van der Waals surface area (Å²) in [5.41, 5.74) is 1.25. The molecule has 0 radical (unpaired) electrons. The third kappa shape index (κ3) is 4.18. The van der Waals surface area contributed by atoms with Gasteiger partial charge in [0.2, 0.25) is 5.91 Å². The Hall–Kier alpha value is -2.39. The maximum Gasteiger partial charge on any atom is 0.234 e. The molecule has 0 saturated carbocycles. The van der Waals surface area contributed by atoms with Crippen LogP contribution in [0.4, 0.5) is 5.69 Å². The molecule has 0 saturated heterocycles. The summed E-state index contributed by atoms with van der Waals surface area (Å²) in [6.45, 7) is 4.06. The maximum absolute atomic E-state index is 12.3. The van der Waals surface area contributed by atoms with Crippen molar-refractivity contribution in [3.05, 3.63) is 42.2 Å². The Bertz CT molecular complexity index is 863. The summed E-state index contributed by atoms with van der Waals surface area (Å²) in [7, 11) is 0. The monoisotopic (exact) mass is 377 g/mol. The van der Waals surface area contributed by atoms with Crippen LogP contribution in [-0.4, -0.2) is 41.2 Å². The number of halogens is 1. The normalized spacial score (nSPS) is 11.0. The number of hydrogen-bond donors (Lipinski definition) is 1. The number of thioether (sulfide) groups is 1. The topological polar surface area (TPSA) is 90.5 Å². The Morgan fingerprint density at radius 3 is 2.92 bits per heavy atom. The first-order chi connectivity index (χ1) is 12.0. The van der Waals surface area contributed by atoms with Crippen molar-refractivity contribution < 1.29 is 4.79 Å². The summed E-state index contributed by atoms with van der Waals surface area (Å²) in [5.74, 6) is 0.0290. The van der Waals surface area contributed by atoms with Crippen molar-refractivity contribution in [3.8, 4) is 5.69 Å². The van der Waals surface area contributed by atoms with Crippen LogP contribution < -0.4 is 5.32 Å². The van der Waals surface area contributed by atoms with Gasteiger partial charge in [0.15, 0.2) is 5.16 Å². The Morgan fingerprint density at radius 1 is 1.36 bits per heavy atom. The quantitative estimate of drug-likeness (QED) is 0.664. The maximum atomic E-state index is 12.3. The van der Waals surface area contributed by atoms with Gasteiger partial charge in [-0.05, 0) is 32.0 Å². The predicted octanol–water partition coefficient (Wildman–Crippen LogP) is 2.82. The highest BCUT2D eigenvalue weighted by Crippen LogP contribution is 2.25. The number of benzene rings is 1. The largest absolute Gasteiger partial charge is 0.323 e. The molecule has 0 atom stereocenters. The lowest BCUT2D eigenvalue weighted by Gasteiger charge is -2.12. The second-order valence-electron chi connectivity index (χ2n) is 5.45. The van der Waals surface area contributed by atoms with Crippen molar-refractivity contribution in [2.45, 2.75) is 25.0 Å². The van der Waals surface area contributed by atoms with Gasteiger partial charge in [0, 0.05) is 11.1 Å². The molecule has 0 unspecified atom stereocenters. The number of nitrogens with zero attached hydrogens (tertiary/aromatic N) is 6. The molecular formula is C15H16ClN7OS. The molecule has 0 bridgehead atoms. The average Bonchev–Trinajstić information content (AvgIpc) is 3.24. The number of carbonyl (C=O) groups is 1. The van der Waals surface area contributed by atoms with E-state index in [2.05, 4.69) is 25.6 Å². The Kier molecular flexibility index (Phi) is 5.34. The van der Waals surface area contributed by atoms with E-state index in [1.54, 1.807) is 35.5 Å². The molecule has 2 aromatic heterocycles. The van der Waals surface area contributed by atoms with Crippen LogP contribution in [0.15, 0.2) is 42.3 Å². The number of hydrogen-bond acceptors (Lipinski definition) is 6. The van der Waals surface area contributed by atoms with E-state index in [9.17, 15) is 4.79 Å². The summed E-state index contributed by atoms with van der Waals surface area (Å²) in [4.78, 5) is 16.3. The second kappa shape index (κ2) is 7.66. The van der Waals surface area contributed by atoms with Gasteiger partial charge >= 0.3 is 0 Å². The molecule has 0 aliphatic heterocycles. The van der Waals surface area contributed by atoms with Crippen molar-refractivity contribution in [1.29, 1.82) is 0 Å². The molecule has 1 aromatic carbocycles. The third-order valence-corrected chi connectivity index (χ3v) is 4.52. The summed E-state index contributed by atoms with van der Waals surface area (Å²) in [5, 5.41) is 16.1. The molecule has 130 valence electrons. The van der Waals surface area contributed by atoms with Crippen molar-refractivity contribution in [2.75, 3.05) is 11.1 Å². The van der Waals surface area contributed by atoms with Crippen molar-refractivity contribution in [2.24, 2.45) is 0 Å². The number of anilines is 1. The fourth-order valence-electron chi connectivity index (χ4n) is 2.15. The highest BCUT2D eigenvalue weighted by Gasteiger charge is 2.13. The van der Waals surface area contributed by atoms with Gasteiger partial charge < -0.3 is 9.88 Å². The minimum Gasteiger partial charge on any atom is -0.323 e. The molecule has 1 N–H and O–H groups in total. The van der Waals surface area contributed by atoms with E-state index in [-0.39, 0.29) is 17.7 Å². The highest BCUT2D eigenvalue weighted by atomic mass is 35.5. The molecule has 1 amide bonds. The van der Waals surface area contributed by atoms with Crippen LogP contribution in [0.3, 0.4) is 0 Å². The SMILES string of the molecule is CC(C)n1cnnc1SCC(=O)Nc1cc(Cl)ccc1-n1cncn1. The van der Waals surface area contributed by atoms with Gasteiger partial charge in [0.1, 0.15) is 19.0 Å². The van der Waals surface area contributed by atoms with Crippen LogP contribution in [0.2, 0.25) is 5.02 Å². The first-order valence-electron chi connectivity index (χ1n) is 7.51. The van der Waals surface area contributed by atoms with E-state index in [1.807, 2.05) is 18.4 Å². The molecule has 0 aliphatic carbocycles. The lowest BCUT2D eigenvalue weighted by molar-refractivity contribution is -0.113. The van der Waals surface area contributed by atoms with Gasteiger partial charge in [0.25, 0.3) is 0 Å². The summed E-state index contributed by atoms with van der Waals surface area (Å²) < 4.78 is 3.48. The van der Waals surface area contributed by atoms with E-state index in [1.165, 1.54) is 18.1 Å². The third-order valence-electron chi connectivity index (χ3n) is 3.33. The molecule has 10 heteroatoms. The number of nitrogens with one attached hydrogen (secondary N) is 1. The Morgan fingerprint density at radius 2 is 2.20 bits per heavy atom. The molecule has 8 nitrogen and oxygen atoms in total. The molecule has 3 aromatic rings. The van der Waals surface area contributed by atoms with Crippen LogP contribution in [-0.2, 0) is 4.79 Å². The van der Waals surface area contributed by atoms with Gasteiger partial charge in [-0.15, -0.1) is 10.2 Å². The van der Waals surface area contributed by atoms with Crippen LogP contribution in [0.1, 0.15) is 19.9 Å². The molecule has 0 fully saturated rings. The van der Waals surface area contributed by atoms with E-state index < -0.39 is 0 Å². The van der Waals surface area contributed by atoms with Gasteiger partial charge in [-0.1, -0.05) is 23.4 Å². The number of rotatable bonds is 6. The molecular weight excluding hydrogens is 362 g/mol. The van der Waals surface area contributed by atoms with Gasteiger partial charge in [0.05, 0.1) is 17.1 Å². The number of carbonyl (C=O) groups excluding carboxylic acids is 1. The van der Waals surface area contributed by atoms with E-state index in [0.717, 1.165) is 0 Å². The second-order valence-corrected chi connectivity index (χ2v) is 6.83. The zero-order valence-electron chi connectivity index (χ0n) is 13.6. The Balaban J connectivity index is 1.71. The van der Waals surface area contributed by atoms with Gasteiger partial charge in [-0.2, -0.15) is 5.10 Å². The summed E-state index contributed by atoms with van der Waals surface area (Å²) in [6.07, 6.45) is 4.64. The van der Waals surface area contributed by atoms with E-state index in [0.29, 0.717) is 21.6 Å². The van der Waals surface area contributed by atoms with Crippen LogP contribution in [0, 0.1) is 0 Å². The Labute approximate surface area is 153 Å². The zero-order chi connectivity index (χ0) is 17.8. The summed E-state index contributed by atoms with van der Waals surface area (Å²) in [6, 6.07) is 5.41. The summed E-state index contributed by atoms with van der Waals surface area (Å²) >= 11 is 7.38.